The topological polar surface area (TPSA) is 80.1 Å². The van der Waals surface area contributed by atoms with E-state index in [-0.39, 0.29) is 28.8 Å². The maximum absolute atomic E-state index is 14.5. The van der Waals surface area contributed by atoms with E-state index in [1.807, 2.05) is 0 Å². The van der Waals surface area contributed by atoms with Gasteiger partial charge in [-0.25, -0.2) is 22.2 Å². The quantitative estimate of drug-likeness (QED) is 0.642. The largest absolute Gasteiger partial charge is 0.380 e. The number of aryl methyl sites for hydroxylation is 1. The second kappa shape index (κ2) is 7.93. The van der Waals surface area contributed by atoms with E-state index in [2.05, 4.69) is 15.3 Å². The fourth-order valence-corrected chi connectivity index (χ4v) is 5.15. The first-order valence-corrected chi connectivity index (χ1v) is 10.9. The van der Waals surface area contributed by atoms with Crippen LogP contribution < -0.4 is 5.32 Å². The number of hydrogen-bond donors (Lipinski definition) is 1. The first kappa shape index (κ1) is 20.7. The van der Waals surface area contributed by atoms with Crippen LogP contribution in [0, 0.1) is 11.6 Å². The molecule has 0 amide bonds. The third kappa shape index (κ3) is 3.90. The number of aromatic nitrogens is 3. The molecule has 2 atom stereocenters. The van der Waals surface area contributed by atoms with Gasteiger partial charge < -0.3 is 9.88 Å². The first-order chi connectivity index (χ1) is 14.3. The van der Waals surface area contributed by atoms with Crippen LogP contribution >= 0.6 is 11.6 Å². The standard InChI is InChI=1S/C19H18ClF2N5O2S/c1-26-10-18(24-11-26)30(28,29)27-8-13(19-16(22)3-2-6-23-19)17(9-27)25-12-4-5-15(21)14(20)7-12/h2-7,10-11,13,17,25H,8-9H2,1H3. The number of nitrogens with one attached hydrogen (secondary N) is 1. The highest BCUT2D eigenvalue weighted by atomic mass is 35.5. The Labute approximate surface area is 177 Å². The third-order valence-corrected chi connectivity index (χ3v) is 6.99. The number of imidazole rings is 1. The van der Waals surface area contributed by atoms with Crippen molar-refractivity contribution in [3.8, 4) is 0 Å². The molecule has 1 N–H and O–H groups in total. The van der Waals surface area contributed by atoms with E-state index in [1.54, 1.807) is 7.05 Å². The molecular formula is C19H18ClF2N5O2S. The predicted octanol–water partition coefficient (Wildman–Crippen LogP) is 3.02. The van der Waals surface area contributed by atoms with Crippen LogP contribution in [-0.2, 0) is 17.1 Å². The lowest BCUT2D eigenvalue weighted by molar-refractivity contribution is 0.466. The van der Waals surface area contributed by atoms with Crippen molar-refractivity contribution in [1.29, 1.82) is 0 Å². The summed E-state index contributed by atoms with van der Waals surface area (Å²) in [5.74, 6) is -1.67. The van der Waals surface area contributed by atoms with Crippen LogP contribution in [0.15, 0.2) is 54.1 Å². The van der Waals surface area contributed by atoms with Gasteiger partial charge in [-0.2, -0.15) is 4.31 Å². The highest BCUT2D eigenvalue weighted by Crippen LogP contribution is 2.34. The van der Waals surface area contributed by atoms with E-state index in [0.29, 0.717) is 5.69 Å². The van der Waals surface area contributed by atoms with Crippen molar-refractivity contribution >= 4 is 27.3 Å². The van der Waals surface area contributed by atoms with Crippen molar-refractivity contribution in [3.63, 3.8) is 0 Å². The number of nitrogens with zero attached hydrogens (tertiary/aromatic N) is 4. The molecule has 3 heterocycles. The monoisotopic (exact) mass is 453 g/mol. The van der Waals surface area contributed by atoms with Gasteiger partial charge >= 0.3 is 0 Å². The number of halogens is 3. The molecule has 2 aromatic heterocycles. The lowest BCUT2D eigenvalue weighted by atomic mass is 9.98. The summed E-state index contributed by atoms with van der Waals surface area (Å²) in [5, 5.41) is 2.99. The van der Waals surface area contributed by atoms with Crippen LogP contribution in [0.5, 0.6) is 0 Å². The number of hydrogen-bond acceptors (Lipinski definition) is 5. The number of benzene rings is 1. The molecule has 11 heteroatoms. The van der Waals surface area contributed by atoms with Gasteiger partial charge in [-0.05, 0) is 30.3 Å². The average Bonchev–Trinajstić information content (AvgIpc) is 3.32. The SMILES string of the molecule is Cn1cnc(S(=O)(=O)N2CC(Nc3ccc(F)c(Cl)c3)C(c3ncccc3F)C2)c1. The fourth-order valence-electron chi connectivity index (χ4n) is 3.51. The molecule has 1 saturated heterocycles. The summed E-state index contributed by atoms with van der Waals surface area (Å²) >= 11 is 5.86. The van der Waals surface area contributed by atoms with Crippen molar-refractivity contribution in [2.75, 3.05) is 18.4 Å². The van der Waals surface area contributed by atoms with Gasteiger partial charge in [0.15, 0.2) is 5.03 Å². The Morgan fingerprint density at radius 2 is 1.97 bits per heavy atom. The zero-order valence-electron chi connectivity index (χ0n) is 15.8. The van der Waals surface area contributed by atoms with E-state index in [0.717, 1.165) is 0 Å². The Kier molecular flexibility index (Phi) is 5.48. The Bertz CT molecular complexity index is 1190. The van der Waals surface area contributed by atoms with Gasteiger partial charge in [-0.15, -0.1) is 0 Å². The molecule has 7 nitrogen and oxygen atoms in total. The van der Waals surface area contributed by atoms with Crippen LogP contribution in [0.1, 0.15) is 11.6 Å². The van der Waals surface area contributed by atoms with Crippen molar-refractivity contribution in [2.24, 2.45) is 7.05 Å². The van der Waals surface area contributed by atoms with Crippen molar-refractivity contribution < 1.29 is 17.2 Å². The molecule has 0 bridgehead atoms. The summed E-state index contributed by atoms with van der Waals surface area (Å²) in [5.41, 5.74) is 0.645. The van der Waals surface area contributed by atoms with E-state index in [4.69, 9.17) is 11.6 Å². The molecule has 30 heavy (non-hydrogen) atoms. The molecular weight excluding hydrogens is 436 g/mol. The van der Waals surface area contributed by atoms with Crippen LogP contribution in [0.3, 0.4) is 0 Å². The zero-order chi connectivity index (χ0) is 21.5. The van der Waals surface area contributed by atoms with Crippen molar-refractivity contribution in [2.45, 2.75) is 17.0 Å². The summed E-state index contributed by atoms with van der Waals surface area (Å²) < 4.78 is 56.8. The van der Waals surface area contributed by atoms with E-state index in [1.165, 1.54) is 57.9 Å². The molecule has 1 fully saturated rings. The lowest BCUT2D eigenvalue weighted by Gasteiger charge is -2.21. The summed E-state index contributed by atoms with van der Waals surface area (Å²) in [6.45, 7) is 0.0635. The predicted molar refractivity (Wildman–Crippen MR) is 108 cm³/mol. The van der Waals surface area contributed by atoms with Gasteiger partial charge in [-0.3, -0.25) is 4.98 Å². The minimum absolute atomic E-state index is 0.0133. The van der Waals surface area contributed by atoms with Crippen LogP contribution in [0.2, 0.25) is 5.02 Å². The van der Waals surface area contributed by atoms with Gasteiger partial charge in [0.25, 0.3) is 10.0 Å². The Morgan fingerprint density at radius 3 is 2.63 bits per heavy atom. The second-order valence-electron chi connectivity index (χ2n) is 7.06. The maximum atomic E-state index is 14.5. The normalized spacial score (nSPS) is 19.9. The average molecular weight is 454 g/mol. The Morgan fingerprint density at radius 1 is 1.17 bits per heavy atom. The molecule has 1 aliphatic rings. The summed E-state index contributed by atoms with van der Waals surface area (Å²) in [6.07, 6.45) is 4.27. The van der Waals surface area contributed by atoms with Gasteiger partial charge in [0.05, 0.1) is 17.0 Å². The number of pyridine rings is 1. The van der Waals surface area contributed by atoms with E-state index >= 15 is 0 Å². The first-order valence-electron chi connectivity index (χ1n) is 9.06. The molecule has 1 aromatic carbocycles. The van der Waals surface area contributed by atoms with E-state index in [9.17, 15) is 17.2 Å². The van der Waals surface area contributed by atoms with Gasteiger partial charge in [0.1, 0.15) is 11.6 Å². The zero-order valence-corrected chi connectivity index (χ0v) is 17.4. The minimum atomic E-state index is -3.89. The van der Waals surface area contributed by atoms with Crippen LogP contribution in [-0.4, -0.2) is 46.4 Å². The molecule has 0 saturated carbocycles. The minimum Gasteiger partial charge on any atom is -0.380 e. The van der Waals surface area contributed by atoms with Crippen LogP contribution in [0.4, 0.5) is 14.5 Å². The highest BCUT2D eigenvalue weighted by Gasteiger charge is 2.42. The number of anilines is 1. The molecule has 0 radical (unpaired) electrons. The Hall–Kier alpha value is -2.56. The van der Waals surface area contributed by atoms with Gasteiger partial charge in [0.2, 0.25) is 0 Å². The Balaban J connectivity index is 1.68. The number of sulfonamides is 1. The third-order valence-electron chi connectivity index (χ3n) is 4.98. The highest BCUT2D eigenvalue weighted by molar-refractivity contribution is 7.89. The van der Waals surface area contributed by atoms with Gasteiger partial charge in [-0.1, -0.05) is 11.6 Å². The molecule has 2 unspecified atom stereocenters. The molecule has 4 rings (SSSR count). The van der Waals surface area contributed by atoms with Crippen LogP contribution in [0.25, 0.3) is 0 Å². The second-order valence-corrected chi connectivity index (χ2v) is 9.35. The fraction of sp³-hybridized carbons (Fsp3) is 0.263. The maximum Gasteiger partial charge on any atom is 0.262 e. The summed E-state index contributed by atoms with van der Waals surface area (Å²) in [4.78, 5) is 8.08. The van der Waals surface area contributed by atoms with Gasteiger partial charge in [0, 0.05) is 50.2 Å². The number of rotatable bonds is 5. The molecule has 0 spiro atoms. The molecule has 3 aromatic rings. The molecule has 1 aliphatic heterocycles. The summed E-state index contributed by atoms with van der Waals surface area (Å²) in [6, 6.07) is 6.33. The van der Waals surface area contributed by atoms with Crippen molar-refractivity contribution in [1.82, 2.24) is 18.8 Å². The molecule has 0 aliphatic carbocycles. The van der Waals surface area contributed by atoms with Crippen molar-refractivity contribution in [3.05, 3.63) is 71.4 Å². The smallest absolute Gasteiger partial charge is 0.262 e. The molecule has 158 valence electrons. The lowest BCUT2D eigenvalue weighted by Crippen LogP contribution is -2.32. The van der Waals surface area contributed by atoms with E-state index < -0.39 is 33.6 Å². The summed E-state index contributed by atoms with van der Waals surface area (Å²) in [7, 11) is -2.22.